The molecule has 4 heterocycles. The summed E-state index contributed by atoms with van der Waals surface area (Å²) in [5, 5.41) is 6.61. The fourth-order valence-corrected chi connectivity index (χ4v) is 3.05. The van der Waals surface area contributed by atoms with E-state index in [1.165, 1.54) is 12.1 Å². The molecule has 0 fully saturated rings. The van der Waals surface area contributed by atoms with Crippen molar-refractivity contribution < 1.29 is 12.9 Å². The number of pyridine rings is 3. The lowest BCUT2D eigenvalue weighted by atomic mass is 9.84. The largest absolute Gasteiger partial charge is 0.282 e. The summed E-state index contributed by atoms with van der Waals surface area (Å²) in [5.41, 5.74) is 1.97. The highest BCUT2D eigenvalue weighted by Gasteiger charge is 2.27. The van der Waals surface area contributed by atoms with Crippen LogP contribution in [0, 0.1) is 18.7 Å². The van der Waals surface area contributed by atoms with Gasteiger partial charge in [-0.05, 0) is 63.2 Å². The maximum Gasteiger partial charge on any atom is 0.224 e. The van der Waals surface area contributed by atoms with Crippen molar-refractivity contribution in [2.75, 3.05) is 0 Å². The van der Waals surface area contributed by atoms with E-state index >= 15 is 0 Å². The molecule has 0 aliphatic heterocycles. The van der Waals surface area contributed by atoms with Gasteiger partial charge in [0, 0.05) is 15.2 Å². The van der Waals surface area contributed by atoms with E-state index in [4.69, 9.17) is 4.11 Å². The molecule has 0 spiro atoms. The molecular formula is C22H19F2N5. The molecule has 0 bridgehead atoms. The molecule has 1 N–H and O–H groups in total. The van der Waals surface area contributed by atoms with Crippen molar-refractivity contribution in [2.45, 2.75) is 26.1 Å². The van der Waals surface area contributed by atoms with Crippen molar-refractivity contribution in [3.63, 3.8) is 0 Å². The highest BCUT2D eigenvalue weighted by Crippen LogP contribution is 2.32. The second-order valence-electron chi connectivity index (χ2n) is 7.08. The van der Waals surface area contributed by atoms with Crippen LogP contribution >= 0.6 is 0 Å². The van der Waals surface area contributed by atoms with E-state index in [0.717, 1.165) is 6.07 Å². The normalized spacial score (nSPS) is 13.6. The molecule has 0 amide bonds. The van der Waals surface area contributed by atoms with Gasteiger partial charge in [0.1, 0.15) is 5.69 Å². The second kappa shape index (κ2) is 7.16. The summed E-state index contributed by atoms with van der Waals surface area (Å²) in [7, 11) is 0. The number of nitrogens with one attached hydrogen (secondary N) is 1. The third kappa shape index (κ3) is 3.63. The Labute approximate surface area is 171 Å². The number of nitrogens with zero attached hydrogens (tertiary/aromatic N) is 4. The van der Waals surface area contributed by atoms with Gasteiger partial charge in [-0.15, -0.1) is 0 Å². The molecule has 7 heteroatoms. The molecule has 0 atom stereocenters. The van der Waals surface area contributed by atoms with Gasteiger partial charge in [-0.3, -0.25) is 15.1 Å². The first-order valence-electron chi connectivity index (χ1n) is 10.4. The highest BCUT2D eigenvalue weighted by atomic mass is 19.1. The predicted molar refractivity (Wildman–Crippen MR) is 106 cm³/mol. The van der Waals surface area contributed by atoms with Crippen molar-refractivity contribution in [1.82, 2.24) is 25.1 Å². The average Bonchev–Trinajstić information content (AvgIpc) is 3.25. The molecule has 0 aliphatic rings. The second-order valence-corrected chi connectivity index (χ2v) is 7.08. The Morgan fingerprint density at radius 2 is 1.55 bits per heavy atom. The number of aromatic amines is 1. The molecule has 29 heavy (non-hydrogen) atoms. The molecule has 4 aromatic heterocycles. The number of hydrogen-bond acceptors (Lipinski definition) is 4. The first-order valence-corrected chi connectivity index (χ1v) is 8.89. The lowest BCUT2D eigenvalue weighted by Crippen LogP contribution is -2.22. The first kappa shape index (κ1) is 15.4. The van der Waals surface area contributed by atoms with Gasteiger partial charge in [0.2, 0.25) is 11.9 Å². The number of halogens is 2. The van der Waals surface area contributed by atoms with Crippen LogP contribution in [0.3, 0.4) is 0 Å². The Morgan fingerprint density at radius 1 is 0.862 bits per heavy atom. The van der Waals surface area contributed by atoms with E-state index in [9.17, 15) is 8.78 Å². The molecular weight excluding hydrogens is 372 g/mol. The summed E-state index contributed by atoms with van der Waals surface area (Å²) in [5.74, 6) is -1.83. The number of rotatable bonds is 4. The van der Waals surface area contributed by atoms with Gasteiger partial charge >= 0.3 is 0 Å². The molecule has 0 unspecified atom stereocenters. The van der Waals surface area contributed by atoms with Crippen LogP contribution < -0.4 is 0 Å². The van der Waals surface area contributed by atoms with Crippen molar-refractivity contribution in [2.24, 2.45) is 0 Å². The summed E-state index contributed by atoms with van der Waals surface area (Å²) in [6, 6.07) is 14.4. The number of hydrogen-bond donors (Lipinski definition) is 1. The zero-order valence-electron chi connectivity index (χ0n) is 18.7. The van der Waals surface area contributed by atoms with E-state index in [-0.39, 0.29) is 11.3 Å². The molecule has 4 rings (SSSR count). The van der Waals surface area contributed by atoms with Crippen LogP contribution in [0.15, 0.2) is 54.6 Å². The van der Waals surface area contributed by atoms with Gasteiger partial charge in [-0.2, -0.15) is 18.9 Å². The number of aromatic nitrogens is 5. The van der Waals surface area contributed by atoms with Crippen molar-refractivity contribution in [3.8, 4) is 22.6 Å². The quantitative estimate of drug-likeness (QED) is 0.503. The van der Waals surface area contributed by atoms with E-state index in [1.807, 2.05) is 19.9 Å². The third-order valence-corrected chi connectivity index (χ3v) is 4.71. The van der Waals surface area contributed by atoms with Gasteiger partial charge in [-0.25, -0.2) is 0 Å². The van der Waals surface area contributed by atoms with Crippen molar-refractivity contribution in [3.05, 3.63) is 83.6 Å². The molecule has 4 aromatic rings. The number of aryl methyl sites for hydroxylation is 1. The SMILES string of the molecule is [2H]C([2H])([2H])c1cc(-c2cccc(C(C)(C)c3cccc(-c4ccc(F)nc4F)n3)n2)n[nH]1. The van der Waals surface area contributed by atoms with E-state index < -0.39 is 24.2 Å². The summed E-state index contributed by atoms with van der Waals surface area (Å²) in [4.78, 5) is 12.5. The average molecular weight is 394 g/mol. The lowest BCUT2D eigenvalue weighted by molar-refractivity contribution is 0.514. The Morgan fingerprint density at radius 3 is 2.21 bits per heavy atom. The molecule has 0 aliphatic carbocycles. The minimum absolute atomic E-state index is 0.0308. The van der Waals surface area contributed by atoms with Crippen LogP contribution in [0.5, 0.6) is 0 Å². The van der Waals surface area contributed by atoms with Crippen molar-refractivity contribution in [1.29, 1.82) is 0 Å². The Hall–Kier alpha value is -3.48. The van der Waals surface area contributed by atoms with Crippen LogP contribution in [-0.2, 0) is 5.41 Å². The van der Waals surface area contributed by atoms with Gasteiger partial charge in [-0.1, -0.05) is 12.1 Å². The summed E-state index contributed by atoms with van der Waals surface area (Å²) >= 11 is 0. The fourth-order valence-electron chi connectivity index (χ4n) is 3.05. The summed E-state index contributed by atoms with van der Waals surface area (Å²) in [6.45, 7) is 1.54. The monoisotopic (exact) mass is 394 g/mol. The predicted octanol–water partition coefficient (Wildman–Crippen LogP) is 4.84. The van der Waals surface area contributed by atoms with E-state index in [2.05, 4.69) is 25.1 Å². The zero-order chi connectivity index (χ0) is 23.1. The van der Waals surface area contributed by atoms with Crippen LogP contribution in [0.25, 0.3) is 22.6 Å². The molecule has 0 aromatic carbocycles. The fraction of sp³-hybridized carbons (Fsp3) is 0.182. The standard InChI is InChI=1S/C22H19F2N5/c1-13-12-17(29-28-13)16-7-5-9-19(26-16)22(2,3)18-8-4-6-15(25-18)14-10-11-20(23)27-21(14)24/h4-12H,1-3H3,(H,28,29)/i1D3. The molecule has 0 saturated carbocycles. The summed E-state index contributed by atoms with van der Waals surface area (Å²) in [6.07, 6.45) is 0. The highest BCUT2D eigenvalue weighted by molar-refractivity contribution is 5.59. The molecule has 0 saturated heterocycles. The Bertz CT molecular complexity index is 1280. The van der Waals surface area contributed by atoms with Gasteiger partial charge in [0.05, 0.1) is 28.3 Å². The zero-order valence-corrected chi connectivity index (χ0v) is 15.7. The maximum atomic E-state index is 14.2. The van der Waals surface area contributed by atoms with Gasteiger partial charge in [0.25, 0.3) is 0 Å². The van der Waals surface area contributed by atoms with E-state index in [0.29, 0.717) is 28.5 Å². The van der Waals surface area contributed by atoms with Crippen LogP contribution in [0.1, 0.15) is 35.0 Å². The van der Waals surface area contributed by atoms with Crippen LogP contribution in [0.2, 0.25) is 0 Å². The lowest BCUT2D eigenvalue weighted by Gasteiger charge is -2.24. The first-order chi connectivity index (χ1) is 15.1. The van der Waals surface area contributed by atoms with Gasteiger partial charge in [0.15, 0.2) is 0 Å². The van der Waals surface area contributed by atoms with Crippen molar-refractivity contribution >= 4 is 0 Å². The Kier molecular flexibility index (Phi) is 3.81. The molecule has 146 valence electrons. The van der Waals surface area contributed by atoms with Crippen LogP contribution in [0.4, 0.5) is 8.78 Å². The van der Waals surface area contributed by atoms with E-state index in [1.54, 1.807) is 30.3 Å². The topological polar surface area (TPSA) is 67.3 Å². The third-order valence-electron chi connectivity index (χ3n) is 4.71. The summed E-state index contributed by atoms with van der Waals surface area (Å²) < 4.78 is 49.8. The minimum Gasteiger partial charge on any atom is -0.282 e. The number of H-pyrrole nitrogens is 1. The smallest absolute Gasteiger partial charge is 0.224 e. The minimum atomic E-state index is -2.29. The van der Waals surface area contributed by atoms with Crippen LogP contribution in [-0.4, -0.2) is 25.1 Å². The molecule has 0 radical (unpaired) electrons. The molecule has 5 nitrogen and oxygen atoms in total. The maximum absolute atomic E-state index is 14.2. The van der Waals surface area contributed by atoms with Gasteiger partial charge < -0.3 is 0 Å². The Balaban J connectivity index is 1.71.